The van der Waals surface area contributed by atoms with E-state index >= 15 is 0 Å². The lowest BCUT2D eigenvalue weighted by atomic mass is 10.2. The molecule has 2 N–H and O–H groups in total. The van der Waals surface area contributed by atoms with Gasteiger partial charge in [-0.15, -0.1) is 0 Å². The molecule has 20 heavy (non-hydrogen) atoms. The van der Waals surface area contributed by atoms with Crippen LogP contribution in [0.3, 0.4) is 0 Å². The Morgan fingerprint density at radius 1 is 1.20 bits per heavy atom. The number of nitrogens with two attached hydrogens (primary N) is 1. The van der Waals surface area contributed by atoms with Crippen molar-refractivity contribution in [2.75, 3.05) is 5.73 Å². The number of benzene rings is 1. The van der Waals surface area contributed by atoms with Crippen LogP contribution in [-0.4, -0.2) is 15.1 Å². The highest BCUT2D eigenvalue weighted by Gasteiger charge is 2.14. The Morgan fingerprint density at radius 2 is 2.05 bits per heavy atom. The molecule has 100 valence electrons. The second kappa shape index (κ2) is 4.90. The SMILES string of the molecule is Nc1ccc(Cl)cc1-c1nc(-c2ccc(F)cn2)no1. The van der Waals surface area contributed by atoms with Crippen molar-refractivity contribution in [2.45, 2.75) is 0 Å². The molecule has 3 rings (SSSR count). The number of aromatic nitrogens is 3. The summed E-state index contributed by atoms with van der Waals surface area (Å²) >= 11 is 5.91. The van der Waals surface area contributed by atoms with Crippen molar-refractivity contribution in [1.29, 1.82) is 0 Å². The number of hydrogen-bond acceptors (Lipinski definition) is 5. The first-order chi connectivity index (χ1) is 9.63. The number of rotatable bonds is 2. The van der Waals surface area contributed by atoms with Crippen LogP contribution in [0.15, 0.2) is 41.1 Å². The van der Waals surface area contributed by atoms with E-state index in [0.717, 1.165) is 6.20 Å². The van der Waals surface area contributed by atoms with Gasteiger partial charge in [0.1, 0.15) is 11.5 Å². The molecule has 7 heteroatoms. The first-order valence-corrected chi connectivity index (χ1v) is 6.02. The Bertz CT molecular complexity index is 757. The average Bonchev–Trinajstić information content (AvgIpc) is 2.92. The fraction of sp³-hybridized carbons (Fsp3) is 0. The van der Waals surface area contributed by atoms with Crippen molar-refractivity contribution in [3.8, 4) is 23.0 Å². The van der Waals surface area contributed by atoms with Crippen LogP contribution in [-0.2, 0) is 0 Å². The first kappa shape index (κ1) is 12.6. The molecule has 1 aromatic carbocycles. The van der Waals surface area contributed by atoms with Crippen LogP contribution in [0.4, 0.5) is 10.1 Å². The lowest BCUT2D eigenvalue weighted by molar-refractivity contribution is 0.432. The lowest BCUT2D eigenvalue weighted by Crippen LogP contribution is -1.90. The van der Waals surface area contributed by atoms with Crippen molar-refractivity contribution in [3.63, 3.8) is 0 Å². The molecule has 2 heterocycles. The smallest absolute Gasteiger partial charge is 0.260 e. The molecule has 0 atom stereocenters. The Hall–Kier alpha value is -2.47. The molecule has 0 saturated carbocycles. The van der Waals surface area contributed by atoms with E-state index in [0.29, 0.717) is 22.0 Å². The number of anilines is 1. The number of hydrogen-bond donors (Lipinski definition) is 1. The third-order valence-electron chi connectivity index (χ3n) is 2.63. The zero-order valence-corrected chi connectivity index (χ0v) is 10.8. The molecular weight excluding hydrogens is 283 g/mol. The van der Waals surface area contributed by atoms with Crippen LogP contribution < -0.4 is 5.73 Å². The molecule has 0 radical (unpaired) electrons. The van der Waals surface area contributed by atoms with Gasteiger partial charge >= 0.3 is 0 Å². The summed E-state index contributed by atoms with van der Waals surface area (Å²) in [6, 6.07) is 7.68. The molecule has 0 bridgehead atoms. The molecular formula is C13H8ClFN4O. The zero-order valence-electron chi connectivity index (χ0n) is 10.0. The van der Waals surface area contributed by atoms with Crippen LogP contribution in [0.25, 0.3) is 23.0 Å². The molecule has 0 amide bonds. The summed E-state index contributed by atoms with van der Waals surface area (Å²) in [6.07, 6.45) is 1.08. The Kier molecular flexibility index (Phi) is 3.08. The predicted molar refractivity (Wildman–Crippen MR) is 72.3 cm³/mol. The maximum absolute atomic E-state index is 12.8. The van der Waals surface area contributed by atoms with Gasteiger partial charge < -0.3 is 10.3 Å². The minimum absolute atomic E-state index is 0.228. The van der Waals surface area contributed by atoms with Gasteiger partial charge in [0.2, 0.25) is 5.82 Å². The van der Waals surface area contributed by atoms with Gasteiger partial charge in [-0.25, -0.2) is 9.37 Å². The second-order valence-corrected chi connectivity index (χ2v) is 4.45. The van der Waals surface area contributed by atoms with E-state index in [1.807, 2.05) is 0 Å². The van der Waals surface area contributed by atoms with Crippen LogP contribution in [0.1, 0.15) is 0 Å². The van der Waals surface area contributed by atoms with Crippen LogP contribution >= 0.6 is 11.6 Å². The molecule has 0 aliphatic heterocycles. The predicted octanol–water partition coefficient (Wildman–Crippen LogP) is 3.17. The number of halogens is 2. The maximum Gasteiger partial charge on any atom is 0.260 e. The second-order valence-electron chi connectivity index (χ2n) is 4.02. The van der Waals surface area contributed by atoms with Crippen LogP contribution in [0.5, 0.6) is 0 Å². The van der Waals surface area contributed by atoms with Gasteiger partial charge in [-0.3, -0.25) is 0 Å². The number of pyridine rings is 1. The monoisotopic (exact) mass is 290 g/mol. The fourth-order valence-corrected chi connectivity index (χ4v) is 1.83. The van der Waals surface area contributed by atoms with Crippen LogP contribution in [0.2, 0.25) is 5.02 Å². The first-order valence-electron chi connectivity index (χ1n) is 5.64. The number of nitrogens with zero attached hydrogens (tertiary/aromatic N) is 3. The quantitative estimate of drug-likeness (QED) is 0.733. The molecule has 2 aromatic heterocycles. The summed E-state index contributed by atoms with van der Waals surface area (Å²) in [5.74, 6) is 0.0436. The van der Waals surface area contributed by atoms with Crippen molar-refractivity contribution in [3.05, 3.63) is 47.4 Å². The van der Waals surface area contributed by atoms with E-state index < -0.39 is 5.82 Å². The molecule has 0 saturated heterocycles. The van der Waals surface area contributed by atoms with Gasteiger partial charge in [-0.1, -0.05) is 16.8 Å². The molecule has 0 fully saturated rings. The molecule has 3 aromatic rings. The molecule has 0 aliphatic rings. The summed E-state index contributed by atoms with van der Waals surface area (Å²) in [5, 5.41) is 4.30. The van der Waals surface area contributed by atoms with Crippen LogP contribution in [0, 0.1) is 5.82 Å². The molecule has 0 unspecified atom stereocenters. The van der Waals surface area contributed by atoms with Crippen molar-refractivity contribution in [2.24, 2.45) is 0 Å². The highest BCUT2D eigenvalue weighted by molar-refractivity contribution is 6.31. The Labute approximate surface area is 118 Å². The summed E-state index contributed by atoms with van der Waals surface area (Å²) in [7, 11) is 0. The van der Waals surface area contributed by atoms with E-state index in [4.69, 9.17) is 21.9 Å². The third-order valence-corrected chi connectivity index (χ3v) is 2.86. The van der Waals surface area contributed by atoms with Gasteiger partial charge in [0.05, 0.1) is 11.8 Å². The summed E-state index contributed by atoms with van der Waals surface area (Å²) < 4.78 is 17.9. The minimum Gasteiger partial charge on any atom is -0.398 e. The lowest BCUT2D eigenvalue weighted by Gasteiger charge is -2.00. The van der Waals surface area contributed by atoms with Gasteiger partial charge in [0.25, 0.3) is 5.89 Å². The normalized spacial score (nSPS) is 10.7. The fourth-order valence-electron chi connectivity index (χ4n) is 1.66. The minimum atomic E-state index is -0.434. The molecule has 0 aliphatic carbocycles. The standard InChI is InChI=1S/C13H8ClFN4O/c14-7-1-3-10(16)9(5-7)13-18-12(19-20-13)11-4-2-8(15)6-17-11/h1-6H,16H2. The Balaban J connectivity index is 2.01. The molecule has 5 nitrogen and oxygen atoms in total. The van der Waals surface area contributed by atoms with Gasteiger partial charge in [-0.2, -0.15) is 4.98 Å². The van der Waals surface area contributed by atoms with E-state index in [9.17, 15) is 4.39 Å². The van der Waals surface area contributed by atoms with Gasteiger partial charge in [0.15, 0.2) is 0 Å². The summed E-state index contributed by atoms with van der Waals surface area (Å²) in [4.78, 5) is 8.06. The van der Waals surface area contributed by atoms with E-state index in [2.05, 4.69) is 15.1 Å². The van der Waals surface area contributed by atoms with Gasteiger partial charge in [-0.05, 0) is 30.3 Å². The highest BCUT2D eigenvalue weighted by Crippen LogP contribution is 2.28. The molecule has 0 spiro atoms. The van der Waals surface area contributed by atoms with Gasteiger partial charge in [0, 0.05) is 10.7 Å². The summed E-state index contributed by atoms with van der Waals surface area (Å²) in [6.45, 7) is 0. The van der Waals surface area contributed by atoms with Crippen molar-refractivity contribution >= 4 is 17.3 Å². The summed E-state index contributed by atoms with van der Waals surface area (Å²) in [5.41, 5.74) is 7.25. The Morgan fingerprint density at radius 3 is 2.80 bits per heavy atom. The number of nitrogen functional groups attached to an aromatic ring is 1. The highest BCUT2D eigenvalue weighted by atomic mass is 35.5. The van der Waals surface area contributed by atoms with E-state index in [1.54, 1.807) is 18.2 Å². The third kappa shape index (κ3) is 2.33. The van der Waals surface area contributed by atoms with Crippen molar-refractivity contribution in [1.82, 2.24) is 15.1 Å². The van der Waals surface area contributed by atoms with E-state index in [1.165, 1.54) is 12.1 Å². The largest absolute Gasteiger partial charge is 0.398 e. The van der Waals surface area contributed by atoms with E-state index in [-0.39, 0.29) is 11.7 Å². The topological polar surface area (TPSA) is 77.8 Å². The van der Waals surface area contributed by atoms with Crippen molar-refractivity contribution < 1.29 is 8.91 Å². The maximum atomic E-state index is 12.8. The average molecular weight is 291 g/mol. The zero-order chi connectivity index (χ0) is 14.1.